The van der Waals surface area contributed by atoms with E-state index in [0.29, 0.717) is 0 Å². The Bertz CT molecular complexity index is 215. The number of piperazine rings is 1. The molecule has 0 radical (unpaired) electrons. The second-order valence-corrected chi connectivity index (χ2v) is 5.65. The fraction of sp³-hybridized carbons (Fsp3) is 1.00. The van der Waals surface area contributed by atoms with Gasteiger partial charge in [-0.2, -0.15) is 0 Å². The lowest BCUT2D eigenvalue weighted by Gasteiger charge is -2.49. The highest BCUT2D eigenvalue weighted by atomic mass is 15.3. The van der Waals surface area contributed by atoms with Crippen molar-refractivity contribution in [2.75, 3.05) is 32.7 Å². The van der Waals surface area contributed by atoms with Crippen molar-refractivity contribution >= 4 is 0 Å². The van der Waals surface area contributed by atoms with Crippen LogP contribution in [0.25, 0.3) is 0 Å². The van der Waals surface area contributed by atoms with Gasteiger partial charge in [0.15, 0.2) is 0 Å². The molecule has 2 aliphatic heterocycles. The van der Waals surface area contributed by atoms with E-state index >= 15 is 0 Å². The molecular formula is C12H25N3. The zero-order valence-corrected chi connectivity index (χ0v) is 10.2. The molecule has 2 fully saturated rings. The molecule has 88 valence electrons. The Morgan fingerprint density at radius 3 is 2.73 bits per heavy atom. The van der Waals surface area contributed by atoms with Crippen molar-refractivity contribution in [2.24, 2.45) is 5.73 Å². The molecule has 1 unspecified atom stereocenters. The largest absolute Gasteiger partial charge is 0.329 e. The number of rotatable bonds is 2. The normalized spacial score (nSPS) is 30.2. The molecule has 3 nitrogen and oxygen atoms in total. The summed E-state index contributed by atoms with van der Waals surface area (Å²) in [6, 6.07) is 0.804. The van der Waals surface area contributed by atoms with Crippen LogP contribution in [-0.2, 0) is 0 Å². The summed E-state index contributed by atoms with van der Waals surface area (Å²) in [5, 5.41) is 0. The van der Waals surface area contributed by atoms with Crippen molar-refractivity contribution in [3.63, 3.8) is 0 Å². The number of nitrogens with zero attached hydrogens (tertiary/aromatic N) is 2. The van der Waals surface area contributed by atoms with Gasteiger partial charge in [0.25, 0.3) is 0 Å². The third-order valence-electron chi connectivity index (χ3n) is 4.19. The lowest BCUT2D eigenvalue weighted by Crippen LogP contribution is -2.61. The van der Waals surface area contributed by atoms with Gasteiger partial charge < -0.3 is 5.73 Å². The molecule has 0 aromatic carbocycles. The van der Waals surface area contributed by atoms with Crippen molar-refractivity contribution in [1.82, 2.24) is 9.80 Å². The number of hydrogen-bond acceptors (Lipinski definition) is 3. The van der Waals surface area contributed by atoms with Gasteiger partial charge in [0.1, 0.15) is 0 Å². The van der Waals surface area contributed by atoms with Crippen LogP contribution in [-0.4, -0.2) is 54.1 Å². The van der Waals surface area contributed by atoms with Gasteiger partial charge in [0.2, 0.25) is 0 Å². The van der Waals surface area contributed by atoms with E-state index < -0.39 is 0 Å². The van der Waals surface area contributed by atoms with Crippen LogP contribution in [0.3, 0.4) is 0 Å². The molecule has 0 spiro atoms. The first-order valence-corrected chi connectivity index (χ1v) is 6.33. The van der Waals surface area contributed by atoms with Crippen LogP contribution in [0.2, 0.25) is 0 Å². The maximum Gasteiger partial charge on any atom is 0.0276 e. The second kappa shape index (κ2) is 4.40. The fourth-order valence-electron chi connectivity index (χ4n) is 2.83. The molecule has 0 amide bonds. The Kier molecular flexibility index (Phi) is 3.33. The molecule has 0 aliphatic carbocycles. The Balaban J connectivity index is 1.96. The van der Waals surface area contributed by atoms with Crippen LogP contribution in [0.4, 0.5) is 0 Å². The van der Waals surface area contributed by atoms with E-state index in [-0.39, 0.29) is 5.54 Å². The van der Waals surface area contributed by atoms with Gasteiger partial charge in [-0.05, 0) is 33.2 Å². The molecule has 0 saturated carbocycles. The third kappa shape index (κ3) is 2.35. The molecule has 2 saturated heterocycles. The average molecular weight is 211 g/mol. The van der Waals surface area contributed by atoms with E-state index in [1.807, 2.05) is 0 Å². The summed E-state index contributed by atoms with van der Waals surface area (Å²) in [5.41, 5.74) is 6.03. The van der Waals surface area contributed by atoms with Gasteiger partial charge >= 0.3 is 0 Å². The van der Waals surface area contributed by atoms with Crippen molar-refractivity contribution in [3.8, 4) is 0 Å². The van der Waals surface area contributed by atoms with Crippen LogP contribution in [0.1, 0.15) is 33.1 Å². The highest BCUT2D eigenvalue weighted by Gasteiger charge is 2.34. The highest BCUT2D eigenvalue weighted by Crippen LogP contribution is 2.24. The molecule has 3 heteroatoms. The number of fused-ring (bicyclic) bond motifs is 1. The lowest BCUT2D eigenvalue weighted by molar-refractivity contribution is 0.00243. The zero-order chi connectivity index (χ0) is 10.9. The van der Waals surface area contributed by atoms with Gasteiger partial charge in [-0.1, -0.05) is 6.42 Å². The summed E-state index contributed by atoms with van der Waals surface area (Å²) < 4.78 is 0. The molecule has 0 aromatic heterocycles. The highest BCUT2D eigenvalue weighted by molar-refractivity contribution is 4.92. The summed E-state index contributed by atoms with van der Waals surface area (Å²) in [4.78, 5) is 5.26. The van der Waals surface area contributed by atoms with Crippen molar-refractivity contribution in [1.29, 1.82) is 0 Å². The zero-order valence-electron chi connectivity index (χ0n) is 10.2. The van der Waals surface area contributed by atoms with Crippen LogP contribution in [0.15, 0.2) is 0 Å². The minimum absolute atomic E-state index is 0.184. The van der Waals surface area contributed by atoms with Gasteiger partial charge in [0.05, 0.1) is 0 Å². The topological polar surface area (TPSA) is 32.5 Å². The Labute approximate surface area is 93.6 Å². The minimum Gasteiger partial charge on any atom is -0.329 e. The SMILES string of the molecule is CC(C)(CN)N1CCN2CCCCC2C1. The van der Waals surface area contributed by atoms with Gasteiger partial charge in [-0.25, -0.2) is 0 Å². The quantitative estimate of drug-likeness (QED) is 0.736. The maximum atomic E-state index is 5.85. The molecule has 2 aliphatic rings. The fourth-order valence-corrected chi connectivity index (χ4v) is 2.83. The molecular weight excluding hydrogens is 186 g/mol. The first-order chi connectivity index (χ1) is 7.13. The van der Waals surface area contributed by atoms with E-state index in [9.17, 15) is 0 Å². The molecule has 15 heavy (non-hydrogen) atoms. The maximum absolute atomic E-state index is 5.85. The van der Waals surface area contributed by atoms with Crippen molar-refractivity contribution in [2.45, 2.75) is 44.7 Å². The summed E-state index contributed by atoms with van der Waals surface area (Å²) >= 11 is 0. The summed E-state index contributed by atoms with van der Waals surface area (Å²) in [6.07, 6.45) is 4.20. The molecule has 1 atom stereocenters. The number of piperidine rings is 1. The van der Waals surface area contributed by atoms with E-state index in [0.717, 1.165) is 12.6 Å². The van der Waals surface area contributed by atoms with E-state index in [1.165, 1.54) is 45.4 Å². The van der Waals surface area contributed by atoms with Crippen LogP contribution >= 0.6 is 0 Å². The standard InChI is InChI=1S/C12H25N3/c1-12(2,10-13)15-8-7-14-6-4-3-5-11(14)9-15/h11H,3-10,13H2,1-2H3. The number of nitrogens with two attached hydrogens (primary N) is 1. The van der Waals surface area contributed by atoms with Crippen molar-refractivity contribution in [3.05, 3.63) is 0 Å². The van der Waals surface area contributed by atoms with E-state index in [4.69, 9.17) is 5.73 Å². The van der Waals surface area contributed by atoms with Crippen LogP contribution < -0.4 is 5.73 Å². The predicted molar refractivity (Wildman–Crippen MR) is 63.9 cm³/mol. The van der Waals surface area contributed by atoms with Gasteiger partial charge in [-0.15, -0.1) is 0 Å². The van der Waals surface area contributed by atoms with Gasteiger partial charge in [-0.3, -0.25) is 9.80 Å². The van der Waals surface area contributed by atoms with Gasteiger partial charge in [0, 0.05) is 37.8 Å². The summed E-state index contributed by atoms with van der Waals surface area (Å²) in [5.74, 6) is 0. The Morgan fingerprint density at radius 1 is 1.20 bits per heavy atom. The van der Waals surface area contributed by atoms with Crippen molar-refractivity contribution < 1.29 is 0 Å². The molecule has 2 rings (SSSR count). The van der Waals surface area contributed by atoms with E-state index in [2.05, 4.69) is 23.6 Å². The monoisotopic (exact) mass is 211 g/mol. The summed E-state index contributed by atoms with van der Waals surface area (Å²) in [6.45, 7) is 10.3. The number of hydrogen-bond donors (Lipinski definition) is 1. The van der Waals surface area contributed by atoms with Crippen LogP contribution in [0.5, 0.6) is 0 Å². The van der Waals surface area contributed by atoms with E-state index in [1.54, 1.807) is 0 Å². The first-order valence-electron chi connectivity index (χ1n) is 6.33. The first kappa shape index (κ1) is 11.4. The molecule has 2 N–H and O–H groups in total. The average Bonchev–Trinajstić information content (AvgIpc) is 2.28. The lowest BCUT2D eigenvalue weighted by atomic mass is 9.95. The van der Waals surface area contributed by atoms with Crippen LogP contribution in [0, 0.1) is 0 Å². The Morgan fingerprint density at radius 2 is 2.00 bits per heavy atom. The molecule has 0 aromatic rings. The molecule has 0 bridgehead atoms. The second-order valence-electron chi connectivity index (χ2n) is 5.65. The minimum atomic E-state index is 0.184. The Hall–Kier alpha value is -0.120. The smallest absolute Gasteiger partial charge is 0.0276 e. The molecule has 2 heterocycles. The predicted octanol–water partition coefficient (Wildman–Crippen LogP) is 0.894. The third-order valence-corrected chi connectivity index (χ3v) is 4.19. The summed E-state index contributed by atoms with van der Waals surface area (Å²) in [7, 11) is 0.